The third-order valence-electron chi connectivity index (χ3n) is 5.25. The van der Waals surface area contributed by atoms with E-state index in [1.807, 2.05) is 0 Å². The number of H-pyrrole nitrogens is 1. The van der Waals surface area contributed by atoms with Crippen LogP contribution in [0.4, 0.5) is 0 Å². The van der Waals surface area contributed by atoms with E-state index in [9.17, 15) is 4.79 Å². The molecule has 140 valence electrons. The Bertz CT molecular complexity index is 784. The molecule has 1 unspecified atom stereocenters. The van der Waals surface area contributed by atoms with Crippen LogP contribution in [0.15, 0.2) is 12.1 Å². The number of aromatic amines is 1. The highest BCUT2D eigenvalue weighted by Crippen LogP contribution is 2.30. The number of piperidine rings is 1. The van der Waals surface area contributed by atoms with Crippen LogP contribution in [0.5, 0.6) is 0 Å². The molecule has 1 fully saturated rings. The number of aromatic nitrogens is 3. The lowest BCUT2D eigenvalue weighted by Gasteiger charge is -2.34. The molecule has 1 aromatic carbocycles. The number of likely N-dealkylation sites (tertiary alicyclic amines) is 1. The molecule has 1 N–H and O–H groups in total. The average Bonchev–Trinajstić information content (AvgIpc) is 3.09. The van der Waals surface area contributed by atoms with E-state index < -0.39 is 5.97 Å². The molecule has 6 nitrogen and oxygen atoms in total. The van der Waals surface area contributed by atoms with Crippen LogP contribution in [0, 0.1) is 13.8 Å². The number of nitrogens with one attached hydrogen (secondary N) is 1. The van der Waals surface area contributed by atoms with E-state index in [4.69, 9.17) is 4.74 Å². The van der Waals surface area contributed by atoms with Crippen molar-refractivity contribution in [2.75, 3.05) is 13.2 Å². The van der Waals surface area contributed by atoms with Crippen molar-refractivity contribution in [1.82, 2.24) is 20.3 Å². The maximum atomic E-state index is 12.2. The minimum Gasteiger partial charge on any atom is -0.461 e. The first-order valence-electron chi connectivity index (χ1n) is 9.43. The van der Waals surface area contributed by atoms with Crippen LogP contribution in [0.25, 0.3) is 11.3 Å². The number of carbonyl (C=O) groups excluding carboxylic acids is 1. The summed E-state index contributed by atoms with van der Waals surface area (Å²) in [5.41, 5.74) is 5.35. The standard InChI is InChI=1S/C20H28N4O2/c1-5-26-20(25)19-18(21-23-22-19)17-11-13(2)10-16(15(17)4)12-24-9-7-6-8-14(24)3/h10-11,14H,5-9,12H2,1-4H3,(H,21,22,23). The molecule has 2 aromatic rings. The predicted octanol–water partition coefficient (Wildman–Crippen LogP) is 3.64. The van der Waals surface area contributed by atoms with Gasteiger partial charge in [-0.25, -0.2) is 4.79 Å². The third-order valence-corrected chi connectivity index (χ3v) is 5.25. The Morgan fingerprint density at radius 2 is 2.12 bits per heavy atom. The molecule has 3 rings (SSSR count). The number of hydrogen-bond donors (Lipinski definition) is 1. The van der Waals surface area contributed by atoms with E-state index in [0.29, 0.717) is 18.3 Å². The van der Waals surface area contributed by atoms with Crippen LogP contribution in [0.2, 0.25) is 0 Å². The van der Waals surface area contributed by atoms with Crippen molar-refractivity contribution >= 4 is 5.97 Å². The van der Waals surface area contributed by atoms with Crippen LogP contribution >= 0.6 is 0 Å². The lowest BCUT2D eigenvalue weighted by Crippen LogP contribution is -2.36. The number of aryl methyl sites for hydroxylation is 1. The van der Waals surface area contributed by atoms with Crippen molar-refractivity contribution in [3.05, 3.63) is 34.5 Å². The Morgan fingerprint density at radius 3 is 2.85 bits per heavy atom. The van der Waals surface area contributed by atoms with E-state index in [-0.39, 0.29) is 5.69 Å². The summed E-state index contributed by atoms with van der Waals surface area (Å²) in [6, 6.07) is 4.91. The topological polar surface area (TPSA) is 71.1 Å². The second-order valence-electron chi connectivity index (χ2n) is 7.15. The molecule has 1 aliphatic heterocycles. The number of ether oxygens (including phenoxy) is 1. The van der Waals surface area contributed by atoms with Crippen molar-refractivity contribution in [2.45, 2.75) is 59.5 Å². The Morgan fingerprint density at radius 1 is 1.31 bits per heavy atom. The van der Waals surface area contributed by atoms with E-state index in [0.717, 1.165) is 29.8 Å². The first-order valence-corrected chi connectivity index (χ1v) is 9.43. The summed E-state index contributed by atoms with van der Waals surface area (Å²) >= 11 is 0. The zero-order valence-corrected chi connectivity index (χ0v) is 16.1. The number of benzene rings is 1. The quantitative estimate of drug-likeness (QED) is 0.828. The van der Waals surface area contributed by atoms with Crippen molar-refractivity contribution in [2.24, 2.45) is 0 Å². The molecule has 6 heteroatoms. The van der Waals surface area contributed by atoms with E-state index in [1.165, 1.54) is 24.8 Å². The van der Waals surface area contributed by atoms with Crippen molar-refractivity contribution in [3.8, 4) is 11.3 Å². The summed E-state index contributed by atoms with van der Waals surface area (Å²) in [5.74, 6) is -0.441. The molecule has 0 saturated carbocycles. The fourth-order valence-corrected chi connectivity index (χ4v) is 3.72. The molecule has 0 amide bonds. The van der Waals surface area contributed by atoms with Gasteiger partial charge in [0.2, 0.25) is 0 Å². The first-order chi connectivity index (χ1) is 12.5. The van der Waals surface area contributed by atoms with E-state index >= 15 is 0 Å². The summed E-state index contributed by atoms with van der Waals surface area (Å²) in [7, 11) is 0. The first kappa shape index (κ1) is 18.6. The maximum Gasteiger partial charge on any atom is 0.361 e. The minimum absolute atomic E-state index is 0.248. The molecule has 0 radical (unpaired) electrons. The SMILES string of the molecule is CCOC(=O)c1n[nH]nc1-c1cc(C)cc(CN2CCCCC2C)c1C. The Hall–Kier alpha value is -2.21. The van der Waals surface area contributed by atoms with Crippen molar-refractivity contribution < 1.29 is 9.53 Å². The van der Waals surface area contributed by atoms with Gasteiger partial charge in [-0.15, -0.1) is 5.10 Å². The lowest BCUT2D eigenvalue weighted by molar-refractivity contribution is 0.0520. The fourth-order valence-electron chi connectivity index (χ4n) is 3.72. The lowest BCUT2D eigenvalue weighted by atomic mass is 9.94. The number of rotatable bonds is 5. The fraction of sp³-hybridized carbons (Fsp3) is 0.550. The molecular formula is C20H28N4O2. The average molecular weight is 356 g/mol. The molecule has 0 bridgehead atoms. The van der Waals surface area contributed by atoms with E-state index in [1.54, 1.807) is 6.92 Å². The molecule has 1 aliphatic rings. The molecule has 0 spiro atoms. The van der Waals surface area contributed by atoms with Gasteiger partial charge < -0.3 is 4.74 Å². The highest BCUT2D eigenvalue weighted by atomic mass is 16.5. The van der Waals surface area contributed by atoms with Crippen LogP contribution in [-0.4, -0.2) is 45.5 Å². The number of esters is 1. The van der Waals surface area contributed by atoms with Gasteiger partial charge in [0.25, 0.3) is 0 Å². The molecule has 26 heavy (non-hydrogen) atoms. The highest BCUT2D eigenvalue weighted by molar-refractivity contribution is 5.94. The zero-order valence-electron chi connectivity index (χ0n) is 16.1. The highest BCUT2D eigenvalue weighted by Gasteiger charge is 2.23. The Kier molecular flexibility index (Phi) is 5.71. The van der Waals surface area contributed by atoms with Gasteiger partial charge in [-0.05, 0) is 64.3 Å². The van der Waals surface area contributed by atoms with Gasteiger partial charge in [0.15, 0.2) is 5.69 Å². The monoisotopic (exact) mass is 356 g/mol. The summed E-state index contributed by atoms with van der Waals surface area (Å²) < 4.78 is 5.11. The second-order valence-corrected chi connectivity index (χ2v) is 7.15. The van der Waals surface area contributed by atoms with Gasteiger partial charge in [0, 0.05) is 18.2 Å². The maximum absolute atomic E-state index is 12.2. The Labute approximate surface area is 154 Å². The molecule has 1 atom stereocenters. The molecule has 1 aromatic heterocycles. The second kappa shape index (κ2) is 7.99. The van der Waals surface area contributed by atoms with Crippen LogP contribution in [-0.2, 0) is 11.3 Å². The Balaban J connectivity index is 1.96. The summed E-state index contributed by atoms with van der Waals surface area (Å²) in [5, 5.41) is 10.8. The molecular weight excluding hydrogens is 328 g/mol. The normalized spacial score (nSPS) is 18.1. The predicted molar refractivity (Wildman–Crippen MR) is 101 cm³/mol. The number of nitrogens with zero attached hydrogens (tertiary/aromatic N) is 3. The van der Waals surface area contributed by atoms with Gasteiger partial charge in [0.05, 0.1) is 6.61 Å². The molecule has 1 saturated heterocycles. The van der Waals surface area contributed by atoms with Gasteiger partial charge in [-0.3, -0.25) is 4.90 Å². The van der Waals surface area contributed by atoms with Gasteiger partial charge in [-0.1, -0.05) is 18.1 Å². The van der Waals surface area contributed by atoms with Gasteiger partial charge >= 0.3 is 5.97 Å². The molecule has 0 aliphatic carbocycles. The number of hydrogen-bond acceptors (Lipinski definition) is 5. The van der Waals surface area contributed by atoms with Crippen LogP contribution < -0.4 is 0 Å². The van der Waals surface area contributed by atoms with Gasteiger partial charge in [-0.2, -0.15) is 10.3 Å². The summed E-state index contributed by atoms with van der Waals surface area (Å²) in [6.07, 6.45) is 3.84. The summed E-state index contributed by atoms with van der Waals surface area (Å²) in [6.45, 7) is 10.7. The van der Waals surface area contributed by atoms with Crippen molar-refractivity contribution in [3.63, 3.8) is 0 Å². The third kappa shape index (κ3) is 3.80. The molecule has 2 heterocycles. The largest absolute Gasteiger partial charge is 0.461 e. The minimum atomic E-state index is -0.441. The van der Waals surface area contributed by atoms with Crippen molar-refractivity contribution in [1.29, 1.82) is 0 Å². The smallest absolute Gasteiger partial charge is 0.361 e. The summed E-state index contributed by atoms with van der Waals surface area (Å²) in [4.78, 5) is 14.7. The van der Waals surface area contributed by atoms with E-state index in [2.05, 4.69) is 53.2 Å². The number of carbonyl (C=O) groups is 1. The van der Waals surface area contributed by atoms with Crippen LogP contribution in [0.3, 0.4) is 0 Å². The zero-order chi connectivity index (χ0) is 18.7. The van der Waals surface area contributed by atoms with Gasteiger partial charge in [0.1, 0.15) is 5.69 Å². The van der Waals surface area contributed by atoms with Crippen LogP contribution in [0.1, 0.15) is 60.3 Å².